The van der Waals surface area contributed by atoms with Gasteiger partial charge in [0.05, 0.1) is 12.5 Å². The summed E-state index contributed by atoms with van der Waals surface area (Å²) in [6.45, 7) is 0.383. The summed E-state index contributed by atoms with van der Waals surface area (Å²) in [7, 11) is 0. The number of hydrogen-bond donors (Lipinski definition) is 3. The van der Waals surface area contributed by atoms with Gasteiger partial charge in [-0.05, 0) is 12.8 Å². The first-order chi connectivity index (χ1) is 7.61. The van der Waals surface area contributed by atoms with E-state index in [9.17, 15) is 9.59 Å². The molecule has 92 valence electrons. The van der Waals surface area contributed by atoms with Gasteiger partial charge in [-0.1, -0.05) is 12.8 Å². The van der Waals surface area contributed by atoms with Gasteiger partial charge in [0.25, 0.3) is 0 Å². The molecule has 5 N–H and O–H groups in total. The molecule has 1 fully saturated rings. The molecule has 16 heavy (non-hydrogen) atoms. The largest absolute Gasteiger partial charge is 0.448 e. The quantitative estimate of drug-likeness (QED) is 0.576. The molecule has 1 aliphatic rings. The van der Waals surface area contributed by atoms with Crippen LogP contribution in [-0.2, 0) is 9.53 Å². The van der Waals surface area contributed by atoms with Gasteiger partial charge in [-0.3, -0.25) is 4.79 Å². The lowest BCUT2D eigenvalue weighted by molar-refractivity contribution is -0.126. The van der Waals surface area contributed by atoms with Crippen LogP contribution in [0, 0.1) is 5.92 Å². The molecule has 0 saturated heterocycles. The summed E-state index contributed by atoms with van der Waals surface area (Å²) in [5.41, 5.74) is 10.6. The highest BCUT2D eigenvalue weighted by Crippen LogP contribution is 2.22. The molecule has 1 aliphatic carbocycles. The van der Waals surface area contributed by atoms with Crippen LogP contribution in [-0.4, -0.2) is 31.2 Å². The van der Waals surface area contributed by atoms with Crippen molar-refractivity contribution in [2.75, 3.05) is 13.2 Å². The smallest absolute Gasteiger partial charge is 0.404 e. The lowest BCUT2D eigenvalue weighted by atomic mass is 9.84. The van der Waals surface area contributed by atoms with Crippen LogP contribution in [0.2, 0.25) is 0 Å². The Bertz CT molecular complexity index is 258. The third-order valence-electron chi connectivity index (χ3n) is 2.80. The number of nitrogens with one attached hydrogen (secondary N) is 1. The van der Waals surface area contributed by atoms with Crippen molar-refractivity contribution < 1.29 is 14.3 Å². The number of carbonyl (C=O) groups is 2. The fourth-order valence-electron chi connectivity index (χ4n) is 1.94. The minimum atomic E-state index is -0.830. The van der Waals surface area contributed by atoms with E-state index in [4.69, 9.17) is 11.5 Å². The van der Waals surface area contributed by atoms with Gasteiger partial charge in [0, 0.05) is 6.04 Å². The third kappa shape index (κ3) is 4.06. The first-order valence-corrected chi connectivity index (χ1v) is 5.57. The second kappa shape index (κ2) is 6.32. The van der Waals surface area contributed by atoms with Gasteiger partial charge in [0.15, 0.2) is 0 Å². The molecule has 0 aromatic carbocycles. The average Bonchev–Trinajstić information content (AvgIpc) is 2.24. The molecule has 2 amide bonds. The number of amides is 2. The Balaban J connectivity index is 2.20. The lowest BCUT2D eigenvalue weighted by Crippen LogP contribution is -2.44. The molecule has 2 unspecified atom stereocenters. The minimum absolute atomic E-state index is 0.0502. The molecule has 0 heterocycles. The van der Waals surface area contributed by atoms with Crippen molar-refractivity contribution in [3.63, 3.8) is 0 Å². The zero-order valence-electron chi connectivity index (χ0n) is 9.28. The van der Waals surface area contributed by atoms with Crippen molar-refractivity contribution >= 4 is 12.0 Å². The minimum Gasteiger partial charge on any atom is -0.448 e. The summed E-state index contributed by atoms with van der Waals surface area (Å²) >= 11 is 0. The van der Waals surface area contributed by atoms with Crippen molar-refractivity contribution in [2.45, 2.75) is 31.7 Å². The highest BCUT2D eigenvalue weighted by Gasteiger charge is 2.27. The SMILES string of the molecule is NC(=O)OCCNC(=O)C1CCCCC1N. The van der Waals surface area contributed by atoms with Crippen molar-refractivity contribution in [1.29, 1.82) is 0 Å². The van der Waals surface area contributed by atoms with Crippen molar-refractivity contribution in [3.8, 4) is 0 Å². The topological polar surface area (TPSA) is 107 Å². The maximum Gasteiger partial charge on any atom is 0.404 e. The Morgan fingerprint density at radius 3 is 2.62 bits per heavy atom. The predicted molar refractivity (Wildman–Crippen MR) is 58.5 cm³/mol. The number of nitrogens with two attached hydrogens (primary N) is 2. The van der Waals surface area contributed by atoms with Crippen LogP contribution < -0.4 is 16.8 Å². The van der Waals surface area contributed by atoms with E-state index in [2.05, 4.69) is 10.1 Å². The van der Waals surface area contributed by atoms with Gasteiger partial charge >= 0.3 is 6.09 Å². The Labute approximate surface area is 94.7 Å². The molecule has 6 nitrogen and oxygen atoms in total. The molecule has 6 heteroatoms. The van der Waals surface area contributed by atoms with Crippen LogP contribution in [0.3, 0.4) is 0 Å². The van der Waals surface area contributed by atoms with Crippen molar-refractivity contribution in [3.05, 3.63) is 0 Å². The number of primary amides is 1. The summed E-state index contributed by atoms with van der Waals surface area (Å²) in [5, 5.41) is 2.69. The molecule has 0 radical (unpaired) electrons. The maximum absolute atomic E-state index is 11.7. The Morgan fingerprint density at radius 2 is 2.00 bits per heavy atom. The number of rotatable bonds is 4. The van der Waals surface area contributed by atoms with Crippen LogP contribution in [0.5, 0.6) is 0 Å². The van der Waals surface area contributed by atoms with Crippen LogP contribution in [0.15, 0.2) is 0 Å². The average molecular weight is 229 g/mol. The van der Waals surface area contributed by atoms with Crippen LogP contribution in [0.1, 0.15) is 25.7 Å². The van der Waals surface area contributed by atoms with E-state index < -0.39 is 6.09 Å². The second-order valence-electron chi connectivity index (χ2n) is 4.01. The van der Waals surface area contributed by atoms with E-state index in [0.717, 1.165) is 25.7 Å². The fraction of sp³-hybridized carbons (Fsp3) is 0.800. The van der Waals surface area contributed by atoms with E-state index in [1.165, 1.54) is 0 Å². The van der Waals surface area contributed by atoms with Crippen molar-refractivity contribution in [1.82, 2.24) is 5.32 Å². The standard InChI is InChI=1S/C10H19N3O3/c11-8-4-2-1-3-7(8)9(14)13-5-6-16-10(12)15/h7-8H,1-6,11H2,(H2,12,15)(H,13,14). The molecule has 0 aromatic heterocycles. The van der Waals surface area contributed by atoms with Gasteiger partial charge in [0.1, 0.15) is 6.61 Å². The van der Waals surface area contributed by atoms with Gasteiger partial charge in [0.2, 0.25) is 5.91 Å². The number of hydrogen-bond acceptors (Lipinski definition) is 4. The highest BCUT2D eigenvalue weighted by atomic mass is 16.5. The predicted octanol–water partition coefficient (Wildman–Crippen LogP) is -0.285. The Kier molecular flexibility index (Phi) is 5.04. The Morgan fingerprint density at radius 1 is 1.31 bits per heavy atom. The molecule has 1 rings (SSSR count). The third-order valence-corrected chi connectivity index (χ3v) is 2.80. The molecule has 0 spiro atoms. The second-order valence-corrected chi connectivity index (χ2v) is 4.01. The summed E-state index contributed by atoms with van der Waals surface area (Å²) in [6.07, 6.45) is 3.04. The Hall–Kier alpha value is -1.30. The summed E-state index contributed by atoms with van der Waals surface area (Å²) < 4.78 is 4.50. The van der Waals surface area contributed by atoms with E-state index in [-0.39, 0.29) is 31.0 Å². The van der Waals surface area contributed by atoms with Gasteiger partial charge < -0.3 is 21.5 Å². The summed E-state index contributed by atoms with van der Waals surface area (Å²) in [6, 6.07) is -0.0502. The number of ether oxygens (including phenoxy) is 1. The molecule has 2 atom stereocenters. The van der Waals surface area contributed by atoms with E-state index in [1.54, 1.807) is 0 Å². The molecular formula is C10H19N3O3. The first kappa shape index (κ1) is 12.8. The lowest BCUT2D eigenvalue weighted by Gasteiger charge is -2.27. The van der Waals surface area contributed by atoms with E-state index in [1.807, 2.05) is 0 Å². The zero-order chi connectivity index (χ0) is 12.0. The molecule has 0 bridgehead atoms. The number of carbonyl (C=O) groups excluding carboxylic acids is 2. The summed E-state index contributed by atoms with van der Waals surface area (Å²) in [5.74, 6) is -0.164. The van der Waals surface area contributed by atoms with Crippen molar-refractivity contribution in [2.24, 2.45) is 17.4 Å². The molecular weight excluding hydrogens is 210 g/mol. The van der Waals surface area contributed by atoms with Gasteiger partial charge in [-0.25, -0.2) is 4.79 Å². The maximum atomic E-state index is 11.7. The normalized spacial score (nSPS) is 24.8. The van der Waals surface area contributed by atoms with Crippen LogP contribution in [0.25, 0.3) is 0 Å². The molecule has 0 aliphatic heterocycles. The first-order valence-electron chi connectivity index (χ1n) is 5.57. The fourth-order valence-corrected chi connectivity index (χ4v) is 1.94. The van der Waals surface area contributed by atoms with E-state index in [0.29, 0.717) is 0 Å². The summed E-state index contributed by atoms with van der Waals surface area (Å²) in [4.78, 5) is 22.0. The van der Waals surface area contributed by atoms with Gasteiger partial charge in [-0.15, -0.1) is 0 Å². The zero-order valence-corrected chi connectivity index (χ0v) is 9.28. The van der Waals surface area contributed by atoms with Crippen LogP contribution >= 0.6 is 0 Å². The highest BCUT2D eigenvalue weighted by molar-refractivity contribution is 5.79. The van der Waals surface area contributed by atoms with Crippen LogP contribution in [0.4, 0.5) is 4.79 Å². The van der Waals surface area contributed by atoms with E-state index >= 15 is 0 Å². The monoisotopic (exact) mass is 229 g/mol. The molecule has 0 aromatic rings. The molecule has 1 saturated carbocycles. The van der Waals surface area contributed by atoms with Gasteiger partial charge in [-0.2, -0.15) is 0 Å².